The molecule has 1 rings (SSSR count). The largest absolute Gasteiger partial charge is 0.289 e. The Morgan fingerprint density at radius 3 is 2.56 bits per heavy atom. The van der Waals surface area contributed by atoms with Crippen molar-refractivity contribution < 1.29 is 4.79 Å². The number of hydrogen-bond acceptors (Lipinski definition) is 1. The van der Waals surface area contributed by atoms with Crippen LogP contribution in [0.2, 0.25) is 0 Å². The lowest BCUT2D eigenvalue weighted by molar-refractivity contribution is -0.111. The van der Waals surface area contributed by atoms with Crippen LogP contribution in [0.4, 0.5) is 0 Å². The van der Waals surface area contributed by atoms with Crippen molar-refractivity contribution in [2.24, 2.45) is 5.41 Å². The van der Waals surface area contributed by atoms with Gasteiger partial charge in [-0.05, 0) is 50.2 Å². The molecule has 98 valence electrons. The zero-order chi connectivity index (χ0) is 13.8. The van der Waals surface area contributed by atoms with E-state index in [1.165, 1.54) is 24.0 Å². The van der Waals surface area contributed by atoms with Crippen molar-refractivity contribution in [2.75, 3.05) is 0 Å². The maximum absolute atomic E-state index is 11.9. The minimum Gasteiger partial charge on any atom is -0.289 e. The molecule has 0 saturated heterocycles. The van der Waals surface area contributed by atoms with Crippen LogP contribution in [0.15, 0.2) is 47.6 Å². The van der Waals surface area contributed by atoms with Crippen molar-refractivity contribution in [3.63, 3.8) is 0 Å². The highest BCUT2D eigenvalue weighted by molar-refractivity contribution is 6.06. The van der Waals surface area contributed by atoms with Gasteiger partial charge in [0.25, 0.3) is 0 Å². The van der Waals surface area contributed by atoms with Crippen LogP contribution in [0.5, 0.6) is 0 Å². The summed E-state index contributed by atoms with van der Waals surface area (Å²) in [5.74, 6) is 0.0363. The number of rotatable bonds is 4. The van der Waals surface area contributed by atoms with Crippen LogP contribution in [0.25, 0.3) is 0 Å². The predicted molar refractivity (Wildman–Crippen MR) is 78.4 cm³/mol. The van der Waals surface area contributed by atoms with Crippen LogP contribution in [0, 0.1) is 5.41 Å². The minimum absolute atomic E-state index is 0.0363. The Hall–Kier alpha value is -1.37. The minimum atomic E-state index is 0.0363. The molecule has 0 heterocycles. The molecular weight excluding hydrogens is 220 g/mol. The first-order valence-electron chi connectivity index (χ1n) is 6.63. The van der Waals surface area contributed by atoms with Crippen LogP contribution >= 0.6 is 0 Å². The monoisotopic (exact) mass is 244 g/mol. The van der Waals surface area contributed by atoms with E-state index in [0.717, 1.165) is 6.42 Å². The maximum Gasteiger partial charge on any atom is 0.185 e. The smallest absolute Gasteiger partial charge is 0.185 e. The van der Waals surface area contributed by atoms with Crippen LogP contribution in [0.3, 0.4) is 0 Å². The number of allylic oxidation sites excluding steroid dienone is 7. The van der Waals surface area contributed by atoms with Crippen molar-refractivity contribution in [3.8, 4) is 0 Å². The van der Waals surface area contributed by atoms with E-state index in [4.69, 9.17) is 0 Å². The van der Waals surface area contributed by atoms with Crippen molar-refractivity contribution in [1.82, 2.24) is 0 Å². The summed E-state index contributed by atoms with van der Waals surface area (Å²) in [5.41, 5.74) is 3.58. The third-order valence-electron chi connectivity index (χ3n) is 3.76. The fourth-order valence-electron chi connectivity index (χ4n) is 2.63. The first-order chi connectivity index (χ1) is 8.42. The second kappa shape index (κ2) is 5.99. The van der Waals surface area contributed by atoms with Crippen LogP contribution < -0.4 is 0 Å². The highest BCUT2D eigenvalue weighted by atomic mass is 16.1. The fraction of sp³-hybridized carbons (Fsp3) is 0.471. The topological polar surface area (TPSA) is 17.1 Å². The van der Waals surface area contributed by atoms with Gasteiger partial charge in [-0.3, -0.25) is 4.79 Å². The standard InChI is InChI=1S/C17H24O/c1-6-14(7-2)16(18)11-10-15-13(3)9-8-12-17(15,4)5/h6-7,10-11H,1,8-9,12H2,2-5H3/b11-10+,14-7-. The third-order valence-corrected chi connectivity index (χ3v) is 3.76. The molecule has 0 aliphatic heterocycles. The molecule has 0 atom stereocenters. The molecule has 1 nitrogen and oxygen atoms in total. The van der Waals surface area contributed by atoms with Gasteiger partial charge < -0.3 is 0 Å². The fourth-order valence-corrected chi connectivity index (χ4v) is 2.63. The van der Waals surface area contributed by atoms with Gasteiger partial charge in [0.05, 0.1) is 0 Å². The summed E-state index contributed by atoms with van der Waals surface area (Å²) in [7, 11) is 0. The summed E-state index contributed by atoms with van der Waals surface area (Å²) >= 11 is 0. The van der Waals surface area contributed by atoms with E-state index in [0.29, 0.717) is 5.57 Å². The Kier molecular flexibility index (Phi) is 4.89. The molecule has 0 saturated carbocycles. The molecule has 1 aliphatic carbocycles. The van der Waals surface area contributed by atoms with Crippen molar-refractivity contribution in [3.05, 3.63) is 47.6 Å². The quantitative estimate of drug-likeness (QED) is 0.514. The Balaban J connectivity index is 2.96. The summed E-state index contributed by atoms with van der Waals surface area (Å²) in [6, 6.07) is 0. The second-order valence-corrected chi connectivity index (χ2v) is 5.58. The Morgan fingerprint density at radius 2 is 2.06 bits per heavy atom. The molecule has 0 fully saturated rings. The van der Waals surface area contributed by atoms with Gasteiger partial charge in [0.15, 0.2) is 5.78 Å². The molecule has 0 N–H and O–H groups in total. The van der Waals surface area contributed by atoms with Crippen molar-refractivity contribution in [1.29, 1.82) is 0 Å². The SMILES string of the molecule is C=C/C(=C/C)C(=O)/C=C/C1=C(C)CCCC1(C)C. The van der Waals surface area contributed by atoms with E-state index in [1.807, 2.05) is 13.0 Å². The second-order valence-electron chi connectivity index (χ2n) is 5.58. The van der Waals surface area contributed by atoms with Crippen LogP contribution in [-0.2, 0) is 4.79 Å². The van der Waals surface area contributed by atoms with Gasteiger partial charge in [-0.1, -0.05) is 44.2 Å². The Labute approximate surface area is 111 Å². The van der Waals surface area contributed by atoms with E-state index in [9.17, 15) is 4.79 Å². The molecule has 0 unspecified atom stereocenters. The molecule has 0 aromatic heterocycles. The van der Waals surface area contributed by atoms with E-state index in [2.05, 4.69) is 27.4 Å². The van der Waals surface area contributed by atoms with E-state index < -0.39 is 0 Å². The first kappa shape index (κ1) is 14.7. The Bertz CT molecular complexity index is 431. The lowest BCUT2D eigenvalue weighted by atomic mass is 9.72. The van der Waals surface area contributed by atoms with Crippen LogP contribution in [-0.4, -0.2) is 5.78 Å². The number of ketones is 1. The number of hydrogen-bond donors (Lipinski definition) is 0. The van der Waals surface area contributed by atoms with Crippen molar-refractivity contribution >= 4 is 5.78 Å². The first-order valence-corrected chi connectivity index (χ1v) is 6.63. The average molecular weight is 244 g/mol. The lowest BCUT2D eigenvalue weighted by Crippen LogP contribution is -2.19. The highest BCUT2D eigenvalue weighted by Crippen LogP contribution is 2.40. The zero-order valence-electron chi connectivity index (χ0n) is 12.0. The van der Waals surface area contributed by atoms with Gasteiger partial charge in [0.1, 0.15) is 0 Å². The van der Waals surface area contributed by atoms with E-state index in [-0.39, 0.29) is 11.2 Å². The molecule has 0 bridgehead atoms. The van der Waals surface area contributed by atoms with Gasteiger partial charge >= 0.3 is 0 Å². The molecule has 1 aliphatic rings. The normalized spacial score (nSPS) is 20.3. The molecular formula is C17H24O. The zero-order valence-corrected chi connectivity index (χ0v) is 12.0. The van der Waals surface area contributed by atoms with Gasteiger partial charge in [-0.15, -0.1) is 0 Å². The highest BCUT2D eigenvalue weighted by Gasteiger charge is 2.26. The molecule has 0 spiro atoms. The van der Waals surface area contributed by atoms with Gasteiger partial charge in [-0.2, -0.15) is 0 Å². The Morgan fingerprint density at radius 1 is 1.39 bits per heavy atom. The van der Waals surface area contributed by atoms with E-state index >= 15 is 0 Å². The molecule has 0 amide bonds. The maximum atomic E-state index is 11.9. The summed E-state index contributed by atoms with van der Waals surface area (Å²) in [4.78, 5) is 11.9. The van der Waals surface area contributed by atoms with Crippen molar-refractivity contribution in [2.45, 2.75) is 47.0 Å². The molecule has 0 radical (unpaired) electrons. The van der Waals surface area contributed by atoms with E-state index in [1.54, 1.807) is 18.2 Å². The number of carbonyl (C=O) groups excluding carboxylic acids is 1. The predicted octanol–water partition coefficient (Wildman–Crippen LogP) is 4.77. The third kappa shape index (κ3) is 3.32. The molecule has 0 aromatic rings. The van der Waals surface area contributed by atoms with Gasteiger partial charge in [0, 0.05) is 5.57 Å². The van der Waals surface area contributed by atoms with Crippen LogP contribution in [0.1, 0.15) is 47.0 Å². The summed E-state index contributed by atoms with van der Waals surface area (Å²) in [5, 5.41) is 0. The number of carbonyl (C=O) groups is 1. The molecule has 18 heavy (non-hydrogen) atoms. The summed E-state index contributed by atoms with van der Waals surface area (Å²) in [6.07, 6.45) is 10.7. The molecule has 0 aromatic carbocycles. The van der Waals surface area contributed by atoms with Gasteiger partial charge in [-0.25, -0.2) is 0 Å². The van der Waals surface area contributed by atoms with Gasteiger partial charge in [0.2, 0.25) is 0 Å². The summed E-state index contributed by atoms with van der Waals surface area (Å²) < 4.78 is 0. The summed E-state index contributed by atoms with van der Waals surface area (Å²) in [6.45, 7) is 12.2. The average Bonchev–Trinajstić information content (AvgIpc) is 2.29. The molecule has 1 heteroatoms. The lowest BCUT2D eigenvalue weighted by Gasteiger charge is -2.32.